The molecule has 0 atom stereocenters. The molecule has 0 amide bonds. The Balaban J connectivity index is 1.10. The number of hydrogen-bond acceptors (Lipinski definition) is 5. The highest BCUT2D eigenvalue weighted by molar-refractivity contribution is 7.99. The molecule has 5 heteroatoms. The van der Waals surface area contributed by atoms with Crippen molar-refractivity contribution in [2.75, 3.05) is 0 Å². The van der Waals surface area contributed by atoms with Crippen molar-refractivity contribution in [1.82, 2.24) is 15.0 Å². The van der Waals surface area contributed by atoms with Crippen LogP contribution in [0, 0.1) is 0 Å². The van der Waals surface area contributed by atoms with Gasteiger partial charge in [-0.05, 0) is 58.7 Å². The van der Waals surface area contributed by atoms with Gasteiger partial charge in [-0.2, -0.15) is 0 Å². The molecular weight excluding hydrogens is 631 g/mol. The first-order valence-corrected chi connectivity index (χ1v) is 17.8. The fourth-order valence-electron chi connectivity index (χ4n) is 7.37. The van der Waals surface area contributed by atoms with E-state index in [1.165, 1.54) is 37.6 Å². The molecule has 0 bridgehead atoms. The van der Waals surface area contributed by atoms with Gasteiger partial charge >= 0.3 is 0 Å². The van der Waals surface area contributed by atoms with Crippen molar-refractivity contribution >= 4 is 11.8 Å². The summed E-state index contributed by atoms with van der Waals surface area (Å²) >= 11 is 1.83. The second-order valence-corrected chi connectivity index (χ2v) is 15.2. The lowest BCUT2D eigenvalue weighted by atomic mass is 9.75. The van der Waals surface area contributed by atoms with Crippen molar-refractivity contribution in [2.45, 2.75) is 48.3 Å². The highest BCUT2D eigenvalue weighted by Gasteiger charge is 2.36. The maximum Gasteiger partial charge on any atom is 0.164 e. The molecule has 0 spiro atoms. The predicted octanol–water partition coefficient (Wildman–Crippen LogP) is 11.8. The molecule has 9 rings (SSSR count). The third-order valence-electron chi connectivity index (χ3n) is 10.3. The fraction of sp³-hybridized carbons (Fsp3) is 0.133. The minimum Gasteiger partial charge on any atom is -0.457 e. The zero-order chi connectivity index (χ0) is 34.0. The molecule has 3 heterocycles. The van der Waals surface area contributed by atoms with Crippen LogP contribution in [0.5, 0.6) is 11.5 Å². The lowest BCUT2D eigenvalue weighted by Crippen LogP contribution is -2.24. The average Bonchev–Trinajstić information content (AvgIpc) is 3.15. The van der Waals surface area contributed by atoms with E-state index in [-0.39, 0.29) is 10.8 Å². The van der Waals surface area contributed by atoms with Crippen LogP contribution < -0.4 is 4.74 Å². The molecule has 1 aromatic heterocycles. The molecule has 6 aromatic carbocycles. The first-order chi connectivity index (χ1) is 24.3. The normalized spacial score (nSPS) is 14.8. The SMILES string of the molecule is CC1(C)c2ccccc2Oc2cc(-c3ccc4c(c3)C(C)(C)c3cc(-c5nc(-c6ccccc6)nc(-c6ccccc6)n5)ccc3S4)ccc21. The average molecular weight is 666 g/mol. The smallest absolute Gasteiger partial charge is 0.164 e. The van der Waals surface area contributed by atoms with Crippen LogP contribution in [0.1, 0.15) is 49.9 Å². The number of aromatic nitrogens is 3. The molecule has 2 aliphatic heterocycles. The molecule has 0 N–H and O–H groups in total. The summed E-state index contributed by atoms with van der Waals surface area (Å²) in [5, 5.41) is 0. The number of ether oxygens (including phenoxy) is 1. The lowest BCUT2D eigenvalue weighted by Gasteiger charge is -2.36. The monoisotopic (exact) mass is 665 g/mol. The van der Waals surface area contributed by atoms with Gasteiger partial charge in [-0.1, -0.05) is 143 Å². The zero-order valence-electron chi connectivity index (χ0n) is 28.4. The topological polar surface area (TPSA) is 47.9 Å². The lowest BCUT2D eigenvalue weighted by molar-refractivity contribution is 0.418. The second kappa shape index (κ2) is 11.5. The molecule has 242 valence electrons. The number of para-hydroxylation sites is 1. The van der Waals surface area contributed by atoms with Gasteiger partial charge in [0.1, 0.15) is 11.5 Å². The highest BCUT2D eigenvalue weighted by atomic mass is 32.2. The zero-order valence-corrected chi connectivity index (χ0v) is 29.3. The quantitative estimate of drug-likeness (QED) is 0.187. The van der Waals surface area contributed by atoms with Crippen molar-refractivity contribution in [3.05, 3.63) is 162 Å². The summed E-state index contributed by atoms with van der Waals surface area (Å²) in [6, 6.07) is 48.9. The Kier molecular flexibility index (Phi) is 7.04. The van der Waals surface area contributed by atoms with E-state index in [1.807, 2.05) is 78.5 Å². The molecule has 0 saturated carbocycles. The van der Waals surface area contributed by atoms with Gasteiger partial charge in [-0.25, -0.2) is 15.0 Å². The Morgan fingerprint density at radius 2 is 0.860 bits per heavy atom. The van der Waals surface area contributed by atoms with E-state index in [0.717, 1.165) is 33.8 Å². The van der Waals surface area contributed by atoms with E-state index in [4.69, 9.17) is 19.7 Å². The van der Waals surface area contributed by atoms with Crippen molar-refractivity contribution in [1.29, 1.82) is 0 Å². The molecule has 0 saturated heterocycles. The van der Waals surface area contributed by atoms with E-state index >= 15 is 0 Å². The van der Waals surface area contributed by atoms with Gasteiger partial charge in [0.2, 0.25) is 0 Å². The maximum atomic E-state index is 6.48. The minimum absolute atomic E-state index is 0.138. The molecular formula is C45H35N3OS. The van der Waals surface area contributed by atoms with Gasteiger partial charge in [0, 0.05) is 48.4 Å². The van der Waals surface area contributed by atoms with Crippen LogP contribution in [0.3, 0.4) is 0 Å². The molecule has 2 aliphatic rings. The van der Waals surface area contributed by atoms with Gasteiger partial charge in [0.25, 0.3) is 0 Å². The third kappa shape index (κ3) is 5.04. The molecule has 7 aromatic rings. The van der Waals surface area contributed by atoms with E-state index in [1.54, 1.807) is 0 Å². The summed E-state index contributed by atoms with van der Waals surface area (Å²) in [5.41, 5.74) is 9.82. The van der Waals surface area contributed by atoms with Crippen LogP contribution in [0.2, 0.25) is 0 Å². The van der Waals surface area contributed by atoms with Gasteiger partial charge in [0.05, 0.1) is 0 Å². The predicted molar refractivity (Wildman–Crippen MR) is 203 cm³/mol. The Hall–Kier alpha value is -5.52. The van der Waals surface area contributed by atoms with E-state index in [9.17, 15) is 0 Å². The molecule has 50 heavy (non-hydrogen) atoms. The highest BCUT2D eigenvalue weighted by Crippen LogP contribution is 2.52. The van der Waals surface area contributed by atoms with Crippen LogP contribution in [0.25, 0.3) is 45.3 Å². The summed E-state index contributed by atoms with van der Waals surface area (Å²) in [5.74, 6) is 3.85. The molecule has 0 radical (unpaired) electrons. The summed E-state index contributed by atoms with van der Waals surface area (Å²) in [4.78, 5) is 17.5. The third-order valence-corrected chi connectivity index (χ3v) is 11.4. The maximum absolute atomic E-state index is 6.48. The summed E-state index contributed by atoms with van der Waals surface area (Å²) in [7, 11) is 0. The summed E-state index contributed by atoms with van der Waals surface area (Å²) in [6.45, 7) is 9.20. The van der Waals surface area contributed by atoms with Crippen molar-refractivity contribution in [2.24, 2.45) is 0 Å². The van der Waals surface area contributed by atoms with Crippen molar-refractivity contribution < 1.29 is 4.74 Å². The minimum atomic E-state index is -0.259. The Labute approximate surface area is 297 Å². The van der Waals surface area contributed by atoms with Gasteiger partial charge in [-0.15, -0.1) is 0 Å². The van der Waals surface area contributed by atoms with Gasteiger partial charge in [0.15, 0.2) is 17.5 Å². The van der Waals surface area contributed by atoms with Crippen LogP contribution in [0.4, 0.5) is 0 Å². The van der Waals surface area contributed by atoms with Crippen LogP contribution >= 0.6 is 11.8 Å². The van der Waals surface area contributed by atoms with Gasteiger partial charge in [-0.3, -0.25) is 0 Å². The number of fused-ring (bicyclic) bond motifs is 4. The first kappa shape index (κ1) is 30.5. The van der Waals surface area contributed by atoms with Crippen LogP contribution in [0.15, 0.2) is 149 Å². The Morgan fingerprint density at radius 1 is 0.400 bits per heavy atom. The standard InChI is InChI=1S/C45H35N3OS/c1-44(2)33-17-11-12-18-37(33)49-38-27-31(19-22-34(38)44)30-20-23-39-35(25-30)45(3,4)36-26-32(21-24-40(36)50-39)43-47-41(28-13-7-5-8-14-28)46-42(48-43)29-15-9-6-10-16-29/h5-27H,1-4H3. The van der Waals surface area contributed by atoms with Crippen molar-refractivity contribution in [3.8, 4) is 56.8 Å². The van der Waals surface area contributed by atoms with Crippen molar-refractivity contribution in [3.63, 3.8) is 0 Å². The largest absolute Gasteiger partial charge is 0.457 e. The number of nitrogens with zero attached hydrogens (tertiary/aromatic N) is 3. The van der Waals surface area contributed by atoms with E-state index in [0.29, 0.717) is 17.5 Å². The number of rotatable bonds is 4. The first-order valence-electron chi connectivity index (χ1n) is 17.0. The molecule has 4 nitrogen and oxygen atoms in total. The van der Waals surface area contributed by atoms with E-state index < -0.39 is 0 Å². The van der Waals surface area contributed by atoms with E-state index in [2.05, 4.69) is 100 Å². The fourth-order valence-corrected chi connectivity index (χ4v) is 8.73. The molecule has 0 fully saturated rings. The number of benzene rings is 6. The van der Waals surface area contributed by atoms with Crippen LogP contribution in [-0.4, -0.2) is 15.0 Å². The molecule has 0 unspecified atom stereocenters. The number of hydrogen-bond donors (Lipinski definition) is 0. The second-order valence-electron chi connectivity index (χ2n) is 14.1. The summed E-state index contributed by atoms with van der Waals surface area (Å²) < 4.78 is 6.48. The Morgan fingerprint density at radius 3 is 1.50 bits per heavy atom. The molecule has 0 aliphatic carbocycles. The van der Waals surface area contributed by atoms with Gasteiger partial charge < -0.3 is 4.74 Å². The Bertz CT molecular complexity index is 2380. The summed E-state index contributed by atoms with van der Waals surface area (Å²) in [6.07, 6.45) is 0. The van der Waals surface area contributed by atoms with Crippen LogP contribution in [-0.2, 0) is 10.8 Å².